The Morgan fingerprint density at radius 3 is 2.06 bits per heavy atom. The molecule has 2 N–H and O–H groups in total. The fraction of sp³-hybridized carbons (Fsp3) is 0.179. The summed E-state index contributed by atoms with van der Waals surface area (Å²) in [5, 5.41) is 12.6. The van der Waals surface area contributed by atoms with E-state index in [1.54, 1.807) is 0 Å². The van der Waals surface area contributed by atoms with E-state index in [1.807, 2.05) is 97.1 Å². The van der Waals surface area contributed by atoms with E-state index in [2.05, 4.69) is 61.4 Å². The van der Waals surface area contributed by atoms with Crippen molar-refractivity contribution in [3.63, 3.8) is 0 Å². The molecule has 5 aromatic rings. The van der Waals surface area contributed by atoms with Crippen LogP contribution in [0.1, 0.15) is 46.4 Å². The summed E-state index contributed by atoms with van der Waals surface area (Å²) in [7, 11) is 0. The molecule has 6 nitrogen and oxygen atoms in total. The van der Waals surface area contributed by atoms with Crippen LogP contribution in [0.3, 0.4) is 0 Å². The van der Waals surface area contributed by atoms with Gasteiger partial charge in [0.15, 0.2) is 11.6 Å². The summed E-state index contributed by atoms with van der Waals surface area (Å²) >= 11 is 7.30. The molecule has 0 unspecified atom stereocenters. The molecule has 1 heterocycles. The largest absolute Gasteiger partial charge is 0.494 e. The lowest BCUT2D eigenvalue weighted by atomic mass is 9.81. The van der Waals surface area contributed by atoms with Crippen molar-refractivity contribution in [3.05, 3.63) is 158 Å². The van der Waals surface area contributed by atoms with Gasteiger partial charge in [-0.1, -0.05) is 111 Å². The summed E-state index contributed by atoms with van der Waals surface area (Å²) in [6, 6.07) is 39.4. The zero-order chi connectivity index (χ0) is 32.4. The molecule has 5 aromatic carbocycles. The van der Waals surface area contributed by atoms with E-state index in [0.717, 1.165) is 47.9 Å². The minimum Gasteiger partial charge on any atom is -0.494 e. The standard InChI is InChI=1S/C39H32Br2N2O4/c40-27-18-14-25(15-19-27)24-39(38(45)42-35-31-10-3-1-8-29(31)30-9-2-4-11-32(30)35)36(33-12-5-6-13-34(33)41)47-37(43-39)26-16-20-28(21-17-26)46-23-7-22-44/h1-6,8-21,35-36,44H,7,22-24H2,(H,42,45)/t36-,39-/m1/s1. The summed E-state index contributed by atoms with van der Waals surface area (Å²) in [6.45, 7) is 0.487. The summed E-state index contributed by atoms with van der Waals surface area (Å²) in [5.74, 6) is 0.837. The Labute approximate surface area is 290 Å². The Balaban J connectivity index is 1.34. The normalized spacial score (nSPS) is 18.2. The molecule has 0 bridgehead atoms. The number of halogens is 2. The number of rotatable bonds is 10. The van der Waals surface area contributed by atoms with Crippen molar-refractivity contribution >= 4 is 43.7 Å². The summed E-state index contributed by atoms with van der Waals surface area (Å²) in [4.78, 5) is 20.4. The lowest BCUT2D eigenvalue weighted by Crippen LogP contribution is -2.50. The highest BCUT2D eigenvalue weighted by atomic mass is 79.9. The third kappa shape index (κ3) is 6.13. The summed E-state index contributed by atoms with van der Waals surface area (Å²) in [5.41, 5.74) is 5.51. The maximum absolute atomic E-state index is 15.1. The number of aliphatic hydroxyl groups is 1. The number of fused-ring (bicyclic) bond motifs is 3. The predicted molar refractivity (Wildman–Crippen MR) is 191 cm³/mol. The Morgan fingerprint density at radius 2 is 1.43 bits per heavy atom. The predicted octanol–water partition coefficient (Wildman–Crippen LogP) is 8.36. The van der Waals surface area contributed by atoms with E-state index in [0.29, 0.717) is 31.1 Å². The van der Waals surface area contributed by atoms with Crippen molar-refractivity contribution in [1.29, 1.82) is 0 Å². The number of carbonyl (C=O) groups excluding carboxylic acids is 1. The van der Waals surface area contributed by atoms with E-state index in [4.69, 9.17) is 19.6 Å². The van der Waals surface area contributed by atoms with Crippen LogP contribution in [0.15, 0.2) is 135 Å². The maximum Gasteiger partial charge on any atom is 0.253 e. The van der Waals surface area contributed by atoms with Crippen molar-refractivity contribution in [2.75, 3.05) is 13.2 Å². The van der Waals surface area contributed by atoms with Crippen molar-refractivity contribution in [1.82, 2.24) is 5.32 Å². The average molecular weight is 753 g/mol. The van der Waals surface area contributed by atoms with Gasteiger partial charge >= 0.3 is 0 Å². The maximum atomic E-state index is 15.1. The van der Waals surface area contributed by atoms with Gasteiger partial charge in [0.1, 0.15) is 5.75 Å². The van der Waals surface area contributed by atoms with Crippen LogP contribution in [0, 0.1) is 0 Å². The third-order valence-electron chi connectivity index (χ3n) is 8.71. The molecule has 0 saturated heterocycles. The first kappa shape index (κ1) is 31.4. The number of nitrogens with zero attached hydrogens (tertiary/aromatic N) is 1. The highest BCUT2D eigenvalue weighted by Crippen LogP contribution is 2.47. The molecule has 2 atom stereocenters. The number of ether oxygens (including phenoxy) is 2. The smallest absolute Gasteiger partial charge is 0.253 e. The first-order chi connectivity index (χ1) is 23.0. The number of hydrogen-bond donors (Lipinski definition) is 2. The Kier molecular flexibility index (Phi) is 8.99. The molecule has 0 radical (unpaired) electrons. The van der Waals surface area contributed by atoms with Crippen LogP contribution in [0.2, 0.25) is 0 Å². The minimum absolute atomic E-state index is 0.0692. The van der Waals surface area contributed by atoms with Gasteiger partial charge < -0.3 is 19.9 Å². The van der Waals surface area contributed by atoms with Gasteiger partial charge in [0.2, 0.25) is 5.90 Å². The number of carbonyl (C=O) groups is 1. The van der Waals surface area contributed by atoms with Crippen LogP contribution < -0.4 is 10.1 Å². The van der Waals surface area contributed by atoms with E-state index >= 15 is 4.79 Å². The Morgan fingerprint density at radius 1 is 0.809 bits per heavy atom. The molecule has 1 amide bonds. The first-order valence-corrected chi connectivity index (χ1v) is 17.1. The molecular formula is C39H32Br2N2O4. The number of aliphatic hydroxyl groups excluding tert-OH is 1. The number of hydrogen-bond acceptors (Lipinski definition) is 5. The van der Waals surface area contributed by atoms with Crippen molar-refractivity contribution < 1.29 is 19.4 Å². The molecule has 0 aromatic heterocycles. The third-order valence-corrected chi connectivity index (χ3v) is 9.96. The summed E-state index contributed by atoms with van der Waals surface area (Å²) < 4.78 is 14.3. The summed E-state index contributed by atoms with van der Waals surface area (Å²) in [6.07, 6.45) is 0.124. The van der Waals surface area contributed by atoms with Gasteiger partial charge in [-0.2, -0.15) is 0 Å². The molecule has 47 heavy (non-hydrogen) atoms. The number of nitrogens with one attached hydrogen (secondary N) is 1. The zero-order valence-electron chi connectivity index (χ0n) is 25.4. The molecule has 0 saturated carbocycles. The fourth-order valence-electron chi connectivity index (χ4n) is 6.43. The lowest BCUT2D eigenvalue weighted by Gasteiger charge is -2.32. The molecule has 236 valence electrons. The molecule has 2 aliphatic rings. The minimum atomic E-state index is -1.35. The second-order valence-corrected chi connectivity index (χ2v) is 13.5. The second kappa shape index (κ2) is 13.5. The zero-order valence-corrected chi connectivity index (χ0v) is 28.6. The molecule has 7 rings (SSSR count). The van der Waals surface area contributed by atoms with Gasteiger partial charge in [0.05, 0.1) is 12.6 Å². The average Bonchev–Trinajstić information content (AvgIpc) is 3.63. The van der Waals surface area contributed by atoms with Crippen molar-refractivity contribution in [2.45, 2.75) is 30.5 Å². The highest BCUT2D eigenvalue weighted by Gasteiger charge is 2.54. The van der Waals surface area contributed by atoms with Crippen LogP contribution in [-0.2, 0) is 16.0 Å². The quantitative estimate of drug-likeness (QED) is 0.141. The SMILES string of the molecule is O=C(NC1c2ccccc2-c2ccccc21)[C@]1(Cc2ccc(Br)cc2)N=C(c2ccc(OCCCO)cc2)O[C@@H]1c1ccccc1Br. The topological polar surface area (TPSA) is 80.2 Å². The molecule has 0 fully saturated rings. The van der Waals surface area contributed by atoms with Crippen LogP contribution in [-0.4, -0.2) is 35.7 Å². The monoisotopic (exact) mass is 750 g/mol. The van der Waals surface area contributed by atoms with Gasteiger partial charge in [-0.3, -0.25) is 4.79 Å². The fourth-order valence-corrected chi connectivity index (χ4v) is 7.18. The van der Waals surface area contributed by atoms with Crippen LogP contribution in [0.25, 0.3) is 11.1 Å². The van der Waals surface area contributed by atoms with Gasteiger partial charge in [-0.15, -0.1) is 0 Å². The van der Waals surface area contributed by atoms with Crippen molar-refractivity contribution in [3.8, 4) is 16.9 Å². The van der Waals surface area contributed by atoms with Gasteiger partial charge in [-0.25, -0.2) is 4.99 Å². The van der Waals surface area contributed by atoms with E-state index < -0.39 is 11.6 Å². The first-order valence-electron chi connectivity index (χ1n) is 15.6. The number of amides is 1. The lowest BCUT2D eigenvalue weighted by molar-refractivity contribution is -0.129. The second-order valence-electron chi connectivity index (χ2n) is 11.7. The molecule has 1 aliphatic heterocycles. The highest BCUT2D eigenvalue weighted by molar-refractivity contribution is 9.10. The van der Waals surface area contributed by atoms with Gasteiger partial charge in [0.25, 0.3) is 5.91 Å². The van der Waals surface area contributed by atoms with Crippen molar-refractivity contribution in [2.24, 2.45) is 4.99 Å². The molecular weight excluding hydrogens is 720 g/mol. The molecule has 0 spiro atoms. The van der Waals surface area contributed by atoms with Crippen LogP contribution in [0.5, 0.6) is 5.75 Å². The Hall–Kier alpha value is -4.24. The van der Waals surface area contributed by atoms with Crippen LogP contribution >= 0.6 is 31.9 Å². The van der Waals surface area contributed by atoms with Gasteiger partial charge in [-0.05, 0) is 70.3 Å². The van der Waals surface area contributed by atoms with E-state index in [9.17, 15) is 0 Å². The van der Waals surface area contributed by atoms with Gasteiger partial charge in [0, 0.05) is 39.5 Å². The number of aliphatic imine (C=N–C) groups is 1. The molecule has 8 heteroatoms. The number of benzene rings is 5. The van der Waals surface area contributed by atoms with E-state index in [-0.39, 0.29) is 18.6 Å². The molecule has 1 aliphatic carbocycles. The van der Waals surface area contributed by atoms with E-state index in [1.165, 1.54) is 0 Å². The van der Waals surface area contributed by atoms with Crippen LogP contribution in [0.4, 0.5) is 0 Å². The Bertz CT molecular complexity index is 1900.